The van der Waals surface area contributed by atoms with Crippen molar-refractivity contribution in [1.29, 1.82) is 5.26 Å². The first kappa shape index (κ1) is 15.2. The molecule has 0 heterocycles. The van der Waals surface area contributed by atoms with Crippen LogP contribution in [0.25, 0.3) is 6.08 Å². The molecule has 0 bridgehead atoms. The molecule has 1 aromatic rings. The molecule has 0 radical (unpaired) electrons. The van der Waals surface area contributed by atoms with Crippen molar-refractivity contribution in [1.82, 2.24) is 5.32 Å². The van der Waals surface area contributed by atoms with Gasteiger partial charge in [0.05, 0.1) is 6.07 Å². The second kappa shape index (κ2) is 7.59. The van der Waals surface area contributed by atoms with Gasteiger partial charge in [0, 0.05) is 11.6 Å². The van der Waals surface area contributed by atoms with E-state index in [1.165, 1.54) is 6.08 Å². The number of ether oxygens (including phenoxy) is 1. The standard InChI is InChI=1S/C14H14N2O4/c1-10-2-4-12(11(8-10)3-5-14(18)19)20-9-13(17)16-7-6-15/h2-5,8H,7,9H2,1H3,(H,16,17)(H,18,19). The number of rotatable bonds is 6. The number of nitrogens with one attached hydrogen (secondary N) is 1. The molecule has 0 spiro atoms. The summed E-state index contributed by atoms with van der Waals surface area (Å²) < 4.78 is 5.32. The van der Waals surface area contributed by atoms with Crippen molar-refractivity contribution in [3.63, 3.8) is 0 Å². The van der Waals surface area contributed by atoms with E-state index in [-0.39, 0.29) is 13.2 Å². The lowest BCUT2D eigenvalue weighted by Crippen LogP contribution is -2.29. The predicted octanol–water partition coefficient (Wildman–Crippen LogP) is 1.11. The molecule has 0 unspecified atom stereocenters. The average molecular weight is 274 g/mol. The van der Waals surface area contributed by atoms with E-state index in [1.807, 2.05) is 6.92 Å². The molecule has 0 aromatic heterocycles. The Morgan fingerprint density at radius 3 is 2.90 bits per heavy atom. The highest BCUT2D eigenvalue weighted by Gasteiger charge is 2.06. The third kappa shape index (κ3) is 5.23. The first-order valence-electron chi connectivity index (χ1n) is 5.81. The number of carbonyl (C=O) groups is 2. The minimum atomic E-state index is -1.07. The van der Waals surface area contributed by atoms with Crippen LogP contribution >= 0.6 is 0 Å². The Labute approximate surface area is 116 Å². The molecule has 104 valence electrons. The van der Waals surface area contributed by atoms with Crippen molar-refractivity contribution in [3.8, 4) is 11.8 Å². The molecular formula is C14H14N2O4. The van der Waals surface area contributed by atoms with Crippen LogP contribution in [0.15, 0.2) is 24.3 Å². The van der Waals surface area contributed by atoms with E-state index < -0.39 is 11.9 Å². The third-order valence-electron chi connectivity index (χ3n) is 2.29. The van der Waals surface area contributed by atoms with Gasteiger partial charge in [0.25, 0.3) is 5.91 Å². The fourth-order valence-corrected chi connectivity index (χ4v) is 1.42. The van der Waals surface area contributed by atoms with Gasteiger partial charge in [-0.15, -0.1) is 0 Å². The van der Waals surface area contributed by atoms with Crippen LogP contribution in [0.4, 0.5) is 0 Å². The Morgan fingerprint density at radius 2 is 2.25 bits per heavy atom. The zero-order valence-electron chi connectivity index (χ0n) is 10.9. The van der Waals surface area contributed by atoms with Crippen molar-refractivity contribution in [3.05, 3.63) is 35.4 Å². The first-order valence-corrected chi connectivity index (χ1v) is 5.81. The van der Waals surface area contributed by atoms with Crippen molar-refractivity contribution >= 4 is 18.0 Å². The van der Waals surface area contributed by atoms with Crippen LogP contribution in [0.1, 0.15) is 11.1 Å². The summed E-state index contributed by atoms with van der Waals surface area (Å²) in [5, 5.41) is 19.3. The lowest BCUT2D eigenvalue weighted by atomic mass is 10.1. The molecule has 6 nitrogen and oxygen atoms in total. The van der Waals surface area contributed by atoms with Gasteiger partial charge in [0.2, 0.25) is 0 Å². The molecule has 6 heteroatoms. The van der Waals surface area contributed by atoms with Crippen LogP contribution in [-0.2, 0) is 9.59 Å². The summed E-state index contributed by atoms with van der Waals surface area (Å²) in [4.78, 5) is 21.9. The maximum atomic E-state index is 11.3. The van der Waals surface area contributed by atoms with Crippen LogP contribution < -0.4 is 10.1 Å². The smallest absolute Gasteiger partial charge is 0.328 e. The van der Waals surface area contributed by atoms with Crippen LogP contribution in [0.5, 0.6) is 5.75 Å². The van der Waals surface area contributed by atoms with Gasteiger partial charge in [-0.25, -0.2) is 4.79 Å². The van der Waals surface area contributed by atoms with E-state index in [0.29, 0.717) is 11.3 Å². The summed E-state index contributed by atoms with van der Waals surface area (Å²) in [5.41, 5.74) is 1.51. The second-order valence-electron chi connectivity index (χ2n) is 3.94. The molecule has 0 saturated heterocycles. The summed E-state index contributed by atoms with van der Waals surface area (Å²) >= 11 is 0. The molecule has 1 amide bonds. The Bertz CT molecular complexity index is 573. The minimum Gasteiger partial charge on any atom is -0.483 e. The molecule has 0 aliphatic heterocycles. The van der Waals surface area contributed by atoms with Crippen LogP contribution in [0.2, 0.25) is 0 Å². The fourth-order valence-electron chi connectivity index (χ4n) is 1.42. The average Bonchev–Trinajstić information content (AvgIpc) is 2.41. The van der Waals surface area contributed by atoms with E-state index in [2.05, 4.69) is 5.32 Å². The van der Waals surface area contributed by atoms with Gasteiger partial charge in [0.15, 0.2) is 6.61 Å². The number of carboxylic acids is 1. The van der Waals surface area contributed by atoms with E-state index in [1.54, 1.807) is 24.3 Å². The van der Waals surface area contributed by atoms with Gasteiger partial charge >= 0.3 is 5.97 Å². The van der Waals surface area contributed by atoms with E-state index in [0.717, 1.165) is 11.6 Å². The number of carbonyl (C=O) groups excluding carboxylic acids is 1. The maximum Gasteiger partial charge on any atom is 0.328 e. The van der Waals surface area contributed by atoms with Gasteiger partial charge < -0.3 is 15.2 Å². The number of benzene rings is 1. The van der Waals surface area contributed by atoms with Crippen molar-refractivity contribution in [2.45, 2.75) is 6.92 Å². The molecule has 0 fully saturated rings. The summed E-state index contributed by atoms with van der Waals surface area (Å²) in [7, 11) is 0. The highest BCUT2D eigenvalue weighted by Crippen LogP contribution is 2.21. The zero-order chi connectivity index (χ0) is 15.0. The largest absolute Gasteiger partial charge is 0.483 e. The van der Waals surface area contributed by atoms with Crippen LogP contribution in [0.3, 0.4) is 0 Å². The van der Waals surface area contributed by atoms with Gasteiger partial charge in [0.1, 0.15) is 12.3 Å². The number of nitrogens with zero attached hydrogens (tertiary/aromatic N) is 1. The van der Waals surface area contributed by atoms with Crippen molar-refractivity contribution < 1.29 is 19.4 Å². The molecule has 0 aliphatic carbocycles. The minimum absolute atomic E-state index is 0.0815. The topological polar surface area (TPSA) is 99.4 Å². The van der Waals surface area contributed by atoms with E-state index >= 15 is 0 Å². The molecule has 1 rings (SSSR count). The molecule has 1 aromatic carbocycles. The van der Waals surface area contributed by atoms with Crippen LogP contribution in [-0.4, -0.2) is 30.1 Å². The highest BCUT2D eigenvalue weighted by atomic mass is 16.5. The Morgan fingerprint density at radius 1 is 1.50 bits per heavy atom. The number of hydrogen-bond acceptors (Lipinski definition) is 4. The summed E-state index contributed by atoms with van der Waals surface area (Å²) in [6.07, 6.45) is 2.40. The zero-order valence-corrected chi connectivity index (χ0v) is 10.9. The highest BCUT2D eigenvalue weighted by molar-refractivity contribution is 5.86. The van der Waals surface area contributed by atoms with Crippen LogP contribution in [0, 0.1) is 18.3 Å². The molecule has 0 saturated carbocycles. The monoisotopic (exact) mass is 274 g/mol. The third-order valence-corrected chi connectivity index (χ3v) is 2.29. The van der Waals surface area contributed by atoms with E-state index in [4.69, 9.17) is 15.1 Å². The molecular weight excluding hydrogens is 260 g/mol. The summed E-state index contributed by atoms with van der Waals surface area (Å²) in [6.45, 7) is 1.54. The maximum absolute atomic E-state index is 11.3. The molecule has 20 heavy (non-hydrogen) atoms. The van der Waals surface area contributed by atoms with Gasteiger partial charge in [-0.3, -0.25) is 4.79 Å². The quantitative estimate of drug-likeness (QED) is 0.598. The summed E-state index contributed by atoms with van der Waals surface area (Å²) in [5.74, 6) is -1.08. The van der Waals surface area contributed by atoms with Gasteiger partial charge in [-0.1, -0.05) is 11.6 Å². The number of amides is 1. The molecule has 0 atom stereocenters. The number of carboxylic acid groups (broad SMARTS) is 1. The lowest BCUT2D eigenvalue weighted by molar-refractivity contribution is -0.131. The first-order chi connectivity index (χ1) is 9.52. The predicted molar refractivity (Wildman–Crippen MR) is 72.0 cm³/mol. The number of aryl methyl sites for hydroxylation is 1. The Kier molecular flexibility index (Phi) is 5.78. The van der Waals surface area contributed by atoms with Gasteiger partial charge in [-0.05, 0) is 25.1 Å². The summed E-state index contributed by atoms with van der Waals surface area (Å²) in [6, 6.07) is 6.99. The fraction of sp³-hybridized carbons (Fsp3) is 0.214. The van der Waals surface area contributed by atoms with Crippen molar-refractivity contribution in [2.75, 3.05) is 13.2 Å². The second-order valence-corrected chi connectivity index (χ2v) is 3.94. The Hall–Kier alpha value is -2.81. The number of hydrogen-bond donors (Lipinski definition) is 2. The van der Waals surface area contributed by atoms with Gasteiger partial charge in [-0.2, -0.15) is 5.26 Å². The van der Waals surface area contributed by atoms with Crippen molar-refractivity contribution in [2.24, 2.45) is 0 Å². The lowest BCUT2D eigenvalue weighted by Gasteiger charge is -2.09. The number of aliphatic carboxylic acids is 1. The van der Waals surface area contributed by atoms with E-state index in [9.17, 15) is 9.59 Å². The Balaban J connectivity index is 2.76. The molecule has 2 N–H and O–H groups in total. The number of nitriles is 1. The molecule has 0 aliphatic rings. The SMILES string of the molecule is Cc1ccc(OCC(=O)NCC#N)c(C=CC(=O)O)c1. The normalized spacial score (nSPS) is 10.0.